The van der Waals surface area contributed by atoms with Gasteiger partial charge in [-0.2, -0.15) is 0 Å². The number of hydrogen-bond acceptors (Lipinski definition) is 8. The van der Waals surface area contributed by atoms with Crippen molar-refractivity contribution >= 4 is 29.1 Å². The number of aliphatic hydroxyl groups is 3. The van der Waals surface area contributed by atoms with Gasteiger partial charge in [-0.3, -0.25) is 19.2 Å². The number of aliphatic hydroxyl groups excluding tert-OH is 2. The highest BCUT2D eigenvalue weighted by Crippen LogP contribution is 2.52. The van der Waals surface area contributed by atoms with E-state index in [0.717, 1.165) is 0 Å². The topological polar surface area (TPSA) is 187 Å². The number of nitrogens with two attached hydrogens (primary N) is 1. The molecule has 0 fully saturated rings. The number of aromatic hydroxyl groups is 1. The third-order valence-corrected chi connectivity index (χ3v) is 7.44. The fourth-order valence-electron chi connectivity index (χ4n) is 5.86. The molecule has 2 aromatic rings. The smallest absolute Gasteiger partial charge is 0.255 e. The molecular formula is C27H24N2O8. The normalized spacial score (nSPS) is 24.8. The Balaban J connectivity index is 1.65. The molecule has 0 radical (unpaired) electrons. The number of primary amides is 1. The lowest BCUT2D eigenvalue weighted by Gasteiger charge is -2.45. The van der Waals surface area contributed by atoms with Gasteiger partial charge in [0.25, 0.3) is 5.91 Å². The molecule has 10 nitrogen and oxygen atoms in total. The lowest BCUT2D eigenvalue weighted by molar-refractivity contribution is -0.144. The first kappa shape index (κ1) is 24.3. The number of rotatable bonds is 3. The molecule has 3 atom stereocenters. The van der Waals surface area contributed by atoms with Gasteiger partial charge in [-0.1, -0.05) is 18.2 Å². The standard InChI is InChI=1S/C27H24N2O8/c1-11(30)29-15-4-2-3-12(8-15)16-5-6-18(31)21-17(16)9-13-7-14-10-19(32)22(26(28)36)25(35)27(14,37)24(34)20(13)23(21)33/h2-6,8,13-14,31-32,34,37H,7,9-10H2,1H3,(H2,28,36)(H,29,30)/t13-,14+,27+/m1/s1. The molecule has 10 heteroatoms. The Morgan fingerprint density at radius 1 is 1.08 bits per heavy atom. The van der Waals surface area contributed by atoms with Crippen molar-refractivity contribution in [3.8, 4) is 16.9 Å². The fourth-order valence-corrected chi connectivity index (χ4v) is 5.86. The van der Waals surface area contributed by atoms with Gasteiger partial charge in [0.05, 0.1) is 5.56 Å². The molecule has 0 heterocycles. The van der Waals surface area contributed by atoms with Gasteiger partial charge < -0.3 is 31.5 Å². The molecule has 7 N–H and O–H groups in total. The lowest BCUT2D eigenvalue weighted by Crippen LogP contribution is -2.57. The monoisotopic (exact) mass is 504 g/mol. The Hall–Kier alpha value is -4.44. The van der Waals surface area contributed by atoms with Crippen LogP contribution in [0.15, 0.2) is 59.1 Å². The summed E-state index contributed by atoms with van der Waals surface area (Å²) in [6.07, 6.45) is -0.0620. The number of ketones is 2. The number of anilines is 1. The van der Waals surface area contributed by atoms with E-state index in [0.29, 0.717) is 22.4 Å². The van der Waals surface area contributed by atoms with Crippen molar-refractivity contribution in [2.45, 2.75) is 31.8 Å². The van der Waals surface area contributed by atoms with Crippen LogP contribution in [0.25, 0.3) is 11.1 Å². The van der Waals surface area contributed by atoms with Gasteiger partial charge in [0.15, 0.2) is 11.4 Å². The fraction of sp³-hybridized carbons (Fsp3) is 0.259. The first-order chi connectivity index (χ1) is 17.4. The summed E-state index contributed by atoms with van der Waals surface area (Å²) < 4.78 is 0. The predicted molar refractivity (Wildman–Crippen MR) is 131 cm³/mol. The maximum atomic E-state index is 13.7. The van der Waals surface area contributed by atoms with Crippen LogP contribution in [0.3, 0.4) is 0 Å². The summed E-state index contributed by atoms with van der Waals surface area (Å²) in [6, 6.07) is 9.96. The maximum absolute atomic E-state index is 13.7. The van der Waals surface area contributed by atoms with Crippen molar-refractivity contribution in [3.05, 3.63) is 70.2 Å². The van der Waals surface area contributed by atoms with Crippen molar-refractivity contribution in [1.29, 1.82) is 0 Å². The number of hydrogen-bond donors (Lipinski definition) is 6. The van der Waals surface area contributed by atoms with Gasteiger partial charge in [0, 0.05) is 30.5 Å². The minimum absolute atomic E-state index is 0.0456. The van der Waals surface area contributed by atoms with Crippen LogP contribution in [-0.4, -0.2) is 49.4 Å². The molecule has 37 heavy (non-hydrogen) atoms. The molecule has 5 rings (SSSR count). The van der Waals surface area contributed by atoms with Crippen molar-refractivity contribution in [1.82, 2.24) is 0 Å². The average Bonchev–Trinajstić information content (AvgIpc) is 2.81. The highest BCUT2D eigenvalue weighted by molar-refractivity contribution is 6.24. The van der Waals surface area contributed by atoms with Crippen LogP contribution in [0, 0.1) is 11.8 Å². The van der Waals surface area contributed by atoms with E-state index in [-0.39, 0.29) is 42.1 Å². The minimum atomic E-state index is -2.60. The van der Waals surface area contributed by atoms with Crippen molar-refractivity contribution < 1.29 is 39.6 Å². The zero-order valence-corrected chi connectivity index (χ0v) is 19.7. The average molecular weight is 504 g/mol. The van der Waals surface area contributed by atoms with Gasteiger partial charge in [0.1, 0.15) is 22.8 Å². The van der Waals surface area contributed by atoms with Crippen molar-refractivity contribution in [2.24, 2.45) is 17.6 Å². The Morgan fingerprint density at radius 2 is 1.81 bits per heavy atom. The summed E-state index contributed by atoms with van der Waals surface area (Å²) >= 11 is 0. The highest BCUT2D eigenvalue weighted by Gasteiger charge is 2.59. The number of benzene rings is 2. The zero-order valence-electron chi connectivity index (χ0n) is 19.7. The highest BCUT2D eigenvalue weighted by atomic mass is 16.3. The van der Waals surface area contributed by atoms with E-state index in [1.807, 2.05) is 0 Å². The number of amides is 2. The summed E-state index contributed by atoms with van der Waals surface area (Å²) in [5.74, 6) is -6.95. The summed E-state index contributed by atoms with van der Waals surface area (Å²) in [5.41, 5.74) is 3.88. The van der Waals surface area contributed by atoms with Crippen LogP contribution in [0.4, 0.5) is 5.69 Å². The predicted octanol–water partition coefficient (Wildman–Crippen LogP) is 2.21. The number of phenols is 1. The summed E-state index contributed by atoms with van der Waals surface area (Å²) in [4.78, 5) is 50.0. The first-order valence-electron chi connectivity index (χ1n) is 11.6. The van der Waals surface area contributed by atoms with Crippen LogP contribution in [0.2, 0.25) is 0 Å². The largest absolute Gasteiger partial charge is 0.511 e. The molecule has 0 saturated heterocycles. The van der Waals surface area contributed by atoms with E-state index >= 15 is 0 Å². The molecule has 0 aromatic heterocycles. The third kappa shape index (κ3) is 3.52. The summed E-state index contributed by atoms with van der Waals surface area (Å²) in [5, 5.41) is 46.1. The molecule has 3 aliphatic carbocycles. The number of carbonyl (C=O) groups excluding carboxylic acids is 4. The second-order valence-corrected chi connectivity index (χ2v) is 9.66. The number of nitrogens with one attached hydrogen (secondary N) is 1. The van der Waals surface area contributed by atoms with Crippen LogP contribution in [-0.2, 0) is 20.8 Å². The van der Waals surface area contributed by atoms with E-state index in [9.17, 15) is 39.6 Å². The molecule has 0 aliphatic heterocycles. The number of fused-ring (bicyclic) bond motifs is 3. The van der Waals surface area contributed by atoms with Crippen LogP contribution < -0.4 is 11.1 Å². The molecule has 0 saturated carbocycles. The van der Waals surface area contributed by atoms with Crippen LogP contribution in [0.1, 0.15) is 35.7 Å². The molecule has 2 amide bonds. The van der Waals surface area contributed by atoms with Crippen molar-refractivity contribution in [3.63, 3.8) is 0 Å². The molecule has 0 unspecified atom stereocenters. The minimum Gasteiger partial charge on any atom is -0.511 e. The van der Waals surface area contributed by atoms with Gasteiger partial charge in [-0.25, -0.2) is 0 Å². The lowest BCUT2D eigenvalue weighted by atomic mass is 9.60. The van der Waals surface area contributed by atoms with Gasteiger partial charge in [-0.15, -0.1) is 0 Å². The Morgan fingerprint density at radius 3 is 2.49 bits per heavy atom. The summed E-state index contributed by atoms with van der Waals surface area (Å²) in [6.45, 7) is 1.38. The van der Waals surface area contributed by atoms with E-state index in [2.05, 4.69) is 5.32 Å². The SMILES string of the molecule is CC(=O)Nc1cccc(-c2ccc(O)c3c2C[C@H]2C[C@H]4CC(O)=C(C(N)=O)C(=O)[C@@]4(O)C(O)=C2C3=O)c1. The zero-order chi connectivity index (χ0) is 26.8. The number of allylic oxidation sites excluding steroid dienone is 2. The van der Waals surface area contributed by atoms with E-state index in [4.69, 9.17) is 5.73 Å². The Kier molecular flexibility index (Phi) is 5.45. The number of Topliss-reactive ketones (excluding diaryl/α,β-unsaturated/α-hetero) is 2. The number of phenolic OH excluding ortho intramolecular Hbond substituents is 1. The second kappa shape index (κ2) is 8.31. The second-order valence-electron chi connectivity index (χ2n) is 9.66. The first-order valence-corrected chi connectivity index (χ1v) is 11.6. The van der Waals surface area contributed by atoms with Crippen LogP contribution in [0.5, 0.6) is 5.75 Å². The molecular weight excluding hydrogens is 480 g/mol. The quantitative estimate of drug-likeness (QED) is 0.343. The Labute approximate surface area is 210 Å². The van der Waals surface area contributed by atoms with Crippen LogP contribution >= 0.6 is 0 Å². The van der Waals surface area contributed by atoms with E-state index in [1.165, 1.54) is 13.0 Å². The maximum Gasteiger partial charge on any atom is 0.255 e. The molecule has 190 valence electrons. The number of carbonyl (C=O) groups is 4. The summed E-state index contributed by atoms with van der Waals surface area (Å²) in [7, 11) is 0. The Bertz CT molecular complexity index is 1490. The molecule has 0 spiro atoms. The van der Waals surface area contributed by atoms with Gasteiger partial charge >= 0.3 is 0 Å². The van der Waals surface area contributed by atoms with Gasteiger partial charge in [0.2, 0.25) is 11.7 Å². The molecule has 0 bridgehead atoms. The van der Waals surface area contributed by atoms with E-state index in [1.54, 1.807) is 30.3 Å². The molecule has 3 aliphatic rings. The third-order valence-electron chi connectivity index (χ3n) is 7.44. The molecule has 2 aromatic carbocycles. The van der Waals surface area contributed by atoms with E-state index < -0.39 is 52.0 Å². The van der Waals surface area contributed by atoms with Crippen molar-refractivity contribution in [2.75, 3.05) is 5.32 Å². The van der Waals surface area contributed by atoms with Gasteiger partial charge in [-0.05, 0) is 53.6 Å².